The highest BCUT2D eigenvalue weighted by atomic mass is 16.1. The molecule has 2 rings (SSSR count). The molecule has 0 unspecified atom stereocenters. The van der Waals surface area contributed by atoms with Gasteiger partial charge >= 0.3 is 0 Å². The number of para-hydroxylation sites is 2. The van der Waals surface area contributed by atoms with Crippen molar-refractivity contribution in [3.05, 3.63) is 59.2 Å². The summed E-state index contributed by atoms with van der Waals surface area (Å²) in [5, 5.41) is 2.83. The van der Waals surface area contributed by atoms with Gasteiger partial charge in [-0.15, -0.1) is 0 Å². The second kappa shape index (κ2) is 4.92. The van der Waals surface area contributed by atoms with E-state index >= 15 is 0 Å². The van der Waals surface area contributed by atoms with Gasteiger partial charge in [-0.3, -0.25) is 4.79 Å². The van der Waals surface area contributed by atoms with Crippen molar-refractivity contribution in [3.8, 4) is 0 Å². The van der Waals surface area contributed by atoms with Gasteiger partial charge in [0.15, 0.2) is 0 Å². The average Bonchev–Trinajstić information content (AvgIpc) is 2.35. The van der Waals surface area contributed by atoms with E-state index in [2.05, 4.69) is 5.32 Å². The van der Waals surface area contributed by atoms with Gasteiger partial charge in [-0.25, -0.2) is 0 Å². The Morgan fingerprint density at radius 2 is 1.78 bits per heavy atom. The van der Waals surface area contributed by atoms with Gasteiger partial charge in [0.2, 0.25) is 0 Å². The Morgan fingerprint density at radius 1 is 1.06 bits per heavy atom. The Balaban J connectivity index is 2.28. The Bertz CT molecular complexity index is 591. The standard InChI is InChI=1S/C15H16N2O/c1-10-6-5-7-12(11(10)2)15(18)17-14-9-4-3-8-13(14)16/h3-9H,16H2,1-2H3,(H,17,18). The molecular weight excluding hydrogens is 224 g/mol. The molecule has 18 heavy (non-hydrogen) atoms. The number of aryl methyl sites for hydroxylation is 1. The molecule has 2 aromatic rings. The monoisotopic (exact) mass is 240 g/mol. The lowest BCUT2D eigenvalue weighted by Gasteiger charge is -2.10. The van der Waals surface area contributed by atoms with Crippen molar-refractivity contribution in [2.75, 3.05) is 11.1 Å². The second-order valence-corrected chi connectivity index (χ2v) is 4.29. The van der Waals surface area contributed by atoms with Gasteiger partial charge in [-0.1, -0.05) is 24.3 Å². The number of carbonyl (C=O) groups excluding carboxylic acids is 1. The van der Waals surface area contributed by atoms with Crippen LogP contribution in [0.1, 0.15) is 21.5 Å². The number of hydrogen-bond donors (Lipinski definition) is 2. The molecular formula is C15H16N2O. The maximum Gasteiger partial charge on any atom is 0.255 e. The Hall–Kier alpha value is -2.29. The number of rotatable bonds is 2. The predicted octanol–water partition coefficient (Wildman–Crippen LogP) is 3.14. The fourth-order valence-corrected chi connectivity index (χ4v) is 1.80. The van der Waals surface area contributed by atoms with E-state index < -0.39 is 0 Å². The SMILES string of the molecule is Cc1cccc(C(=O)Nc2ccccc2N)c1C. The van der Waals surface area contributed by atoms with Crippen LogP contribution in [0.25, 0.3) is 0 Å². The molecule has 0 saturated heterocycles. The first-order valence-corrected chi connectivity index (χ1v) is 5.81. The zero-order valence-corrected chi connectivity index (χ0v) is 10.5. The predicted molar refractivity (Wildman–Crippen MR) is 74.7 cm³/mol. The summed E-state index contributed by atoms with van der Waals surface area (Å²) in [6.45, 7) is 3.93. The van der Waals surface area contributed by atoms with Crippen molar-refractivity contribution in [3.63, 3.8) is 0 Å². The van der Waals surface area contributed by atoms with Crippen molar-refractivity contribution >= 4 is 17.3 Å². The average molecular weight is 240 g/mol. The van der Waals surface area contributed by atoms with E-state index in [1.807, 2.05) is 44.2 Å². The number of anilines is 2. The first-order chi connectivity index (χ1) is 8.59. The number of nitrogen functional groups attached to an aromatic ring is 1. The molecule has 0 aliphatic rings. The highest BCUT2D eigenvalue weighted by Crippen LogP contribution is 2.19. The van der Waals surface area contributed by atoms with Crippen molar-refractivity contribution in [1.82, 2.24) is 0 Å². The van der Waals surface area contributed by atoms with E-state index in [4.69, 9.17) is 5.73 Å². The van der Waals surface area contributed by atoms with E-state index in [-0.39, 0.29) is 5.91 Å². The van der Waals surface area contributed by atoms with Crippen LogP contribution in [-0.2, 0) is 0 Å². The normalized spacial score (nSPS) is 10.1. The lowest BCUT2D eigenvalue weighted by molar-refractivity contribution is 0.102. The first-order valence-electron chi connectivity index (χ1n) is 5.81. The Labute approximate surface area is 107 Å². The number of carbonyl (C=O) groups is 1. The van der Waals surface area contributed by atoms with Crippen molar-refractivity contribution in [2.24, 2.45) is 0 Å². The molecule has 0 saturated carbocycles. The van der Waals surface area contributed by atoms with Crippen LogP contribution < -0.4 is 11.1 Å². The highest BCUT2D eigenvalue weighted by Gasteiger charge is 2.11. The Kier molecular flexibility index (Phi) is 3.33. The molecule has 3 nitrogen and oxygen atoms in total. The van der Waals surface area contributed by atoms with Crippen molar-refractivity contribution in [1.29, 1.82) is 0 Å². The zero-order chi connectivity index (χ0) is 13.1. The van der Waals surface area contributed by atoms with Crippen LogP contribution in [0.2, 0.25) is 0 Å². The molecule has 0 fully saturated rings. The maximum absolute atomic E-state index is 12.2. The molecule has 3 heteroatoms. The van der Waals surface area contributed by atoms with Crippen LogP contribution in [0.4, 0.5) is 11.4 Å². The van der Waals surface area contributed by atoms with Gasteiger partial charge in [0, 0.05) is 5.56 Å². The molecule has 0 spiro atoms. The van der Waals surface area contributed by atoms with E-state index in [1.54, 1.807) is 12.1 Å². The second-order valence-electron chi connectivity index (χ2n) is 4.29. The third-order valence-electron chi connectivity index (χ3n) is 3.06. The molecule has 0 aliphatic heterocycles. The Morgan fingerprint density at radius 3 is 2.50 bits per heavy atom. The quantitative estimate of drug-likeness (QED) is 0.792. The summed E-state index contributed by atoms with van der Waals surface area (Å²) < 4.78 is 0. The minimum absolute atomic E-state index is 0.130. The lowest BCUT2D eigenvalue weighted by Crippen LogP contribution is -2.14. The summed E-state index contributed by atoms with van der Waals surface area (Å²) in [5.41, 5.74) is 9.78. The summed E-state index contributed by atoms with van der Waals surface area (Å²) in [6, 6.07) is 12.9. The van der Waals surface area contributed by atoms with Crippen LogP contribution in [0.15, 0.2) is 42.5 Å². The molecule has 0 aromatic heterocycles. The molecule has 3 N–H and O–H groups in total. The van der Waals surface area contributed by atoms with Gasteiger partial charge in [0.05, 0.1) is 11.4 Å². The van der Waals surface area contributed by atoms with E-state index in [1.165, 1.54) is 0 Å². The minimum atomic E-state index is -0.130. The molecule has 0 aliphatic carbocycles. The molecule has 92 valence electrons. The third-order valence-corrected chi connectivity index (χ3v) is 3.06. The van der Waals surface area contributed by atoms with Crippen LogP contribution in [0.5, 0.6) is 0 Å². The summed E-state index contributed by atoms with van der Waals surface area (Å²) >= 11 is 0. The lowest BCUT2D eigenvalue weighted by atomic mass is 10.0. The third kappa shape index (κ3) is 2.35. The van der Waals surface area contributed by atoms with Crippen molar-refractivity contribution < 1.29 is 4.79 Å². The van der Waals surface area contributed by atoms with Crippen LogP contribution >= 0.6 is 0 Å². The maximum atomic E-state index is 12.2. The van der Waals surface area contributed by atoms with Gasteiger partial charge in [0.25, 0.3) is 5.91 Å². The van der Waals surface area contributed by atoms with Crippen LogP contribution in [0.3, 0.4) is 0 Å². The van der Waals surface area contributed by atoms with Gasteiger partial charge in [-0.2, -0.15) is 0 Å². The number of nitrogens with one attached hydrogen (secondary N) is 1. The van der Waals surface area contributed by atoms with Crippen LogP contribution in [-0.4, -0.2) is 5.91 Å². The summed E-state index contributed by atoms with van der Waals surface area (Å²) in [5.74, 6) is -0.130. The molecule has 0 heterocycles. The number of nitrogens with two attached hydrogens (primary N) is 1. The van der Waals surface area contributed by atoms with Crippen molar-refractivity contribution in [2.45, 2.75) is 13.8 Å². The number of hydrogen-bond acceptors (Lipinski definition) is 2. The van der Waals surface area contributed by atoms with Gasteiger partial charge in [0.1, 0.15) is 0 Å². The largest absolute Gasteiger partial charge is 0.397 e. The minimum Gasteiger partial charge on any atom is -0.397 e. The van der Waals surface area contributed by atoms with E-state index in [0.717, 1.165) is 11.1 Å². The van der Waals surface area contributed by atoms with Gasteiger partial charge in [-0.05, 0) is 43.2 Å². The fourth-order valence-electron chi connectivity index (χ4n) is 1.80. The molecule has 0 atom stereocenters. The summed E-state index contributed by atoms with van der Waals surface area (Å²) in [6.07, 6.45) is 0. The molecule has 0 radical (unpaired) electrons. The highest BCUT2D eigenvalue weighted by molar-refractivity contribution is 6.06. The zero-order valence-electron chi connectivity index (χ0n) is 10.5. The summed E-state index contributed by atoms with van der Waals surface area (Å²) in [7, 11) is 0. The first kappa shape index (κ1) is 12.2. The molecule has 2 aromatic carbocycles. The molecule has 0 bridgehead atoms. The molecule has 1 amide bonds. The smallest absolute Gasteiger partial charge is 0.255 e. The van der Waals surface area contributed by atoms with E-state index in [9.17, 15) is 4.79 Å². The van der Waals surface area contributed by atoms with E-state index in [0.29, 0.717) is 16.9 Å². The van der Waals surface area contributed by atoms with Crippen LogP contribution in [0, 0.1) is 13.8 Å². The summed E-state index contributed by atoms with van der Waals surface area (Å²) in [4.78, 5) is 12.2. The number of benzene rings is 2. The topological polar surface area (TPSA) is 55.1 Å². The number of amides is 1. The fraction of sp³-hybridized carbons (Fsp3) is 0.133. The van der Waals surface area contributed by atoms with Gasteiger partial charge < -0.3 is 11.1 Å².